The van der Waals surface area contributed by atoms with Crippen molar-refractivity contribution in [2.24, 2.45) is 5.92 Å². The summed E-state index contributed by atoms with van der Waals surface area (Å²) in [5, 5.41) is 0. The fraction of sp³-hybridized carbons (Fsp3) is 0.286. The topological polar surface area (TPSA) is 47.4 Å². The molecule has 0 aliphatic carbocycles. The number of carbonyl (C=O) groups excluding carboxylic acids is 1. The summed E-state index contributed by atoms with van der Waals surface area (Å²) in [5.74, 6) is 2.43. The Morgan fingerprint density at radius 2 is 1.68 bits per heavy atom. The molecule has 1 saturated heterocycles. The van der Waals surface area contributed by atoms with E-state index in [0.29, 0.717) is 12.5 Å². The van der Waals surface area contributed by atoms with Gasteiger partial charge in [0.1, 0.15) is 18.2 Å². The minimum Gasteiger partial charge on any atom is -0.486 e. The van der Waals surface area contributed by atoms with Gasteiger partial charge < -0.3 is 14.2 Å². The van der Waals surface area contributed by atoms with Gasteiger partial charge in [-0.05, 0) is 61.4 Å². The number of thioether (sulfide) groups is 1. The lowest BCUT2D eigenvalue weighted by Gasteiger charge is -2.33. The van der Waals surface area contributed by atoms with E-state index in [-0.39, 0.29) is 5.91 Å². The average Bonchev–Trinajstić information content (AvgIpc) is 3.25. The third-order valence-electron chi connectivity index (χ3n) is 6.52. The molecular weight excluding hydrogens is 442 g/mol. The molecule has 1 aromatic heterocycles. The highest BCUT2D eigenvalue weighted by Crippen LogP contribution is 2.27. The van der Waals surface area contributed by atoms with Gasteiger partial charge in [0.25, 0.3) is 5.91 Å². The molecule has 0 saturated carbocycles. The highest BCUT2D eigenvalue weighted by atomic mass is 32.2. The highest BCUT2D eigenvalue weighted by Gasteiger charge is 2.26. The monoisotopic (exact) mass is 471 g/mol. The van der Waals surface area contributed by atoms with Crippen LogP contribution in [0.3, 0.4) is 0 Å². The smallest absolute Gasteiger partial charge is 0.254 e. The molecule has 0 bridgehead atoms. The van der Waals surface area contributed by atoms with Gasteiger partial charge in [-0.15, -0.1) is 11.8 Å². The zero-order valence-corrected chi connectivity index (χ0v) is 20.2. The second-order valence-corrected chi connectivity index (χ2v) is 9.51. The number of imidazole rings is 1. The first-order chi connectivity index (χ1) is 16.7. The van der Waals surface area contributed by atoms with Crippen molar-refractivity contribution < 1.29 is 9.53 Å². The van der Waals surface area contributed by atoms with Crippen LogP contribution in [0.1, 0.15) is 29.0 Å². The maximum atomic E-state index is 13.1. The number of nitrogens with zero attached hydrogens (tertiary/aromatic N) is 3. The van der Waals surface area contributed by atoms with Crippen molar-refractivity contribution in [3.8, 4) is 5.75 Å². The van der Waals surface area contributed by atoms with Crippen LogP contribution in [0.25, 0.3) is 11.0 Å². The number of ether oxygens (including phenoxy) is 1. The molecule has 0 radical (unpaired) electrons. The van der Waals surface area contributed by atoms with Crippen LogP contribution in [-0.2, 0) is 13.2 Å². The summed E-state index contributed by atoms with van der Waals surface area (Å²) >= 11 is 1.63. The lowest BCUT2D eigenvalue weighted by atomic mass is 9.96. The van der Waals surface area contributed by atoms with E-state index in [1.54, 1.807) is 11.8 Å². The summed E-state index contributed by atoms with van der Waals surface area (Å²) in [5.41, 5.74) is 2.95. The Kier molecular flexibility index (Phi) is 6.86. The lowest BCUT2D eigenvalue weighted by molar-refractivity contribution is 0.0679. The summed E-state index contributed by atoms with van der Waals surface area (Å²) in [6.45, 7) is 2.89. The van der Waals surface area contributed by atoms with E-state index < -0.39 is 0 Å². The van der Waals surface area contributed by atoms with E-state index in [1.165, 1.54) is 0 Å². The Hall–Kier alpha value is -3.25. The Morgan fingerprint density at radius 1 is 0.971 bits per heavy atom. The second kappa shape index (κ2) is 10.3. The van der Waals surface area contributed by atoms with Gasteiger partial charge >= 0.3 is 0 Å². The number of hydrogen-bond acceptors (Lipinski definition) is 4. The van der Waals surface area contributed by atoms with Gasteiger partial charge in [0, 0.05) is 24.5 Å². The number of fused-ring (bicyclic) bond motifs is 1. The summed E-state index contributed by atoms with van der Waals surface area (Å²) in [6.07, 6.45) is 3.99. The Bertz CT molecular complexity index is 1260. The average molecular weight is 472 g/mol. The molecule has 1 aliphatic rings. The molecule has 5 rings (SSSR count). The third kappa shape index (κ3) is 4.82. The quantitative estimate of drug-likeness (QED) is 0.315. The first-order valence-corrected chi connectivity index (χ1v) is 13.0. The third-order valence-corrected chi connectivity index (χ3v) is 7.32. The van der Waals surface area contributed by atoms with Crippen LogP contribution in [-0.4, -0.2) is 39.7 Å². The SMILES string of the molecule is CSc1ccccc1C(=O)N1CCC(Cn2c(COc3ccccc3)nc3ccccc32)CC1. The summed E-state index contributed by atoms with van der Waals surface area (Å²) in [7, 11) is 0. The van der Waals surface area contributed by atoms with Gasteiger partial charge in [-0.25, -0.2) is 4.98 Å². The number of hydrogen-bond donors (Lipinski definition) is 0. The summed E-state index contributed by atoms with van der Waals surface area (Å²) in [6, 6.07) is 26.1. The second-order valence-electron chi connectivity index (χ2n) is 8.66. The summed E-state index contributed by atoms with van der Waals surface area (Å²) in [4.78, 5) is 21.1. The number of para-hydroxylation sites is 3. The van der Waals surface area contributed by atoms with Gasteiger partial charge in [0.2, 0.25) is 0 Å². The maximum absolute atomic E-state index is 13.1. The molecule has 0 N–H and O–H groups in total. The maximum Gasteiger partial charge on any atom is 0.254 e. The van der Waals surface area contributed by atoms with Crippen molar-refractivity contribution in [2.45, 2.75) is 30.9 Å². The van der Waals surface area contributed by atoms with Crippen molar-refractivity contribution in [3.63, 3.8) is 0 Å². The van der Waals surface area contributed by atoms with E-state index in [9.17, 15) is 4.79 Å². The first-order valence-electron chi connectivity index (χ1n) is 11.8. The number of carbonyl (C=O) groups is 1. The highest BCUT2D eigenvalue weighted by molar-refractivity contribution is 7.98. The number of piperidine rings is 1. The van der Waals surface area contributed by atoms with Gasteiger partial charge in [0.05, 0.1) is 16.6 Å². The molecule has 0 atom stereocenters. The fourth-order valence-electron chi connectivity index (χ4n) is 4.67. The molecule has 0 unspecified atom stereocenters. The van der Waals surface area contributed by atoms with Crippen molar-refractivity contribution in [1.82, 2.24) is 14.5 Å². The molecule has 1 fully saturated rings. The zero-order chi connectivity index (χ0) is 23.3. The molecule has 3 aromatic carbocycles. The van der Waals surface area contributed by atoms with E-state index in [4.69, 9.17) is 9.72 Å². The molecule has 0 spiro atoms. The Labute approximate surface area is 204 Å². The van der Waals surface area contributed by atoms with Crippen molar-refractivity contribution >= 4 is 28.7 Å². The van der Waals surface area contributed by atoms with E-state index >= 15 is 0 Å². The van der Waals surface area contributed by atoms with Crippen LogP contribution >= 0.6 is 11.8 Å². The van der Waals surface area contributed by atoms with Crippen molar-refractivity contribution in [3.05, 3.63) is 90.3 Å². The zero-order valence-electron chi connectivity index (χ0n) is 19.4. The first kappa shape index (κ1) is 22.5. The largest absolute Gasteiger partial charge is 0.486 e. The molecule has 34 heavy (non-hydrogen) atoms. The molecule has 5 nitrogen and oxygen atoms in total. The van der Waals surface area contributed by atoms with Gasteiger partial charge in [-0.1, -0.05) is 42.5 Å². The van der Waals surface area contributed by atoms with E-state index in [2.05, 4.69) is 22.8 Å². The number of aromatic nitrogens is 2. The van der Waals surface area contributed by atoms with E-state index in [1.807, 2.05) is 71.8 Å². The number of rotatable bonds is 7. The Morgan fingerprint density at radius 3 is 2.47 bits per heavy atom. The minimum atomic E-state index is 0.147. The standard InChI is InChI=1S/C28H29N3O2S/c1-34-26-14-8-5-11-23(26)28(32)30-17-15-21(16-18-30)19-31-25-13-7-6-12-24(25)29-27(31)20-33-22-9-3-2-4-10-22/h2-14,21H,15-20H2,1H3. The number of amides is 1. The van der Waals surface area contributed by atoms with Crippen LogP contribution in [0, 0.1) is 5.92 Å². The fourth-order valence-corrected chi connectivity index (χ4v) is 5.26. The predicted molar refractivity (Wildman–Crippen MR) is 137 cm³/mol. The normalized spacial score (nSPS) is 14.4. The number of benzene rings is 3. The lowest BCUT2D eigenvalue weighted by Crippen LogP contribution is -2.39. The van der Waals surface area contributed by atoms with Crippen LogP contribution in [0.15, 0.2) is 83.8 Å². The van der Waals surface area contributed by atoms with Gasteiger partial charge in [-0.3, -0.25) is 4.79 Å². The van der Waals surface area contributed by atoms with Gasteiger partial charge in [0.15, 0.2) is 0 Å². The van der Waals surface area contributed by atoms with E-state index in [0.717, 1.165) is 65.5 Å². The van der Waals surface area contributed by atoms with Crippen LogP contribution in [0.2, 0.25) is 0 Å². The van der Waals surface area contributed by atoms with Crippen LogP contribution in [0.4, 0.5) is 0 Å². The van der Waals surface area contributed by atoms with Gasteiger partial charge in [-0.2, -0.15) is 0 Å². The van der Waals surface area contributed by atoms with Crippen molar-refractivity contribution in [2.75, 3.05) is 19.3 Å². The van der Waals surface area contributed by atoms with Crippen LogP contribution < -0.4 is 4.74 Å². The molecule has 1 amide bonds. The summed E-state index contributed by atoms with van der Waals surface area (Å²) < 4.78 is 8.34. The number of likely N-dealkylation sites (tertiary alicyclic amines) is 1. The minimum absolute atomic E-state index is 0.147. The predicted octanol–water partition coefficient (Wildman–Crippen LogP) is 5.89. The molecular formula is C28H29N3O2S. The molecule has 2 heterocycles. The molecule has 6 heteroatoms. The van der Waals surface area contributed by atoms with Crippen molar-refractivity contribution in [1.29, 1.82) is 0 Å². The molecule has 1 aliphatic heterocycles. The molecule has 4 aromatic rings. The van der Waals surface area contributed by atoms with Crippen LogP contribution in [0.5, 0.6) is 5.75 Å². The molecule has 174 valence electrons. The Balaban J connectivity index is 1.28.